The Balaban J connectivity index is 1.72. The number of nitrogens with zero attached hydrogens (tertiary/aromatic N) is 1. The lowest BCUT2D eigenvalue weighted by atomic mass is 10.1. The number of hydrogen-bond acceptors (Lipinski definition) is 3. The van der Waals surface area contributed by atoms with Crippen LogP contribution in [0.25, 0.3) is 0 Å². The van der Waals surface area contributed by atoms with E-state index in [0.717, 1.165) is 37.2 Å². The quantitative estimate of drug-likeness (QED) is 0.871. The van der Waals surface area contributed by atoms with Gasteiger partial charge in [0.1, 0.15) is 0 Å². The van der Waals surface area contributed by atoms with Crippen LogP contribution in [0.4, 0.5) is 5.69 Å². The number of nitrogens with one attached hydrogen (secondary N) is 1. The second kappa shape index (κ2) is 8.51. The van der Waals surface area contributed by atoms with Gasteiger partial charge in [0.25, 0.3) is 0 Å². The molecule has 0 aromatic heterocycles. The number of likely N-dealkylation sites (N-methyl/N-ethyl adjacent to an activating group) is 1. The van der Waals surface area contributed by atoms with Gasteiger partial charge < -0.3 is 10.1 Å². The molecule has 0 saturated carbocycles. The molecule has 1 saturated heterocycles. The van der Waals surface area contributed by atoms with Crippen molar-refractivity contribution in [1.82, 2.24) is 4.90 Å². The number of carbonyl (C=O) groups excluding carboxylic acids is 1. The number of rotatable bonds is 6. The molecule has 1 aliphatic heterocycles. The van der Waals surface area contributed by atoms with E-state index in [1.165, 1.54) is 12.8 Å². The molecule has 0 spiro atoms. The summed E-state index contributed by atoms with van der Waals surface area (Å²) in [7, 11) is 1.97. The molecule has 1 atom stereocenters. The van der Waals surface area contributed by atoms with Crippen molar-refractivity contribution in [3.05, 3.63) is 28.8 Å². The number of hydrogen-bond donors (Lipinski definition) is 1. The molecule has 122 valence electrons. The van der Waals surface area contributed by atoms with Gasteiger partial charge in [0, 0.05) is 23.9 Å². The first-order chi connectivity index (χ1) is 10.5. The maximum Gasteiger partial charge on any atom is 0.238 e. The van der Waals surface area contributed by atoms with E-state index < -0.39 is 0 Å². The van der Waals surface area contributed by atoms with Gasteiger partial charge in [0.05, 0.1) is 12.6 Å². The van der Waals surface area contributed by atoms with E-state index in [-0.39, 0.29) is 5.91 Å². The summed E-state index contributed by atoms with van der Waals surface area (Å²) in [4.78, 5) is 14.1. The number of aryl methyl sites for hydroxylation is 1. The summed E-state index contributed by atoms with van der Waals surface area (Å²) in [6, 6.07) is 5.51. The molecule has 2 rings (SSSR count). The molecule has 5 heteroatoms. The Morgan fingerprint density at radius 3 is 2.95 bits per heavy atom. The molecule has 1 N–H and O–H groups in total. The van der Waals surface area contributed by atoms with Gasteiger partial charge in [0.15, 0.2) is 0 Å². The SMILES string of the molecule is Cc1cc(NC(=O)CN(C)CC[C@H]2CCCCO2)ccc1Cl. The molecule has 1 aromatic rings. The van der Waals surface area contributed by atoms with Crippen molar-refractivity contribution in [2.45, 2.75) is 38.7 Å². The minimum absolute atomic E-state index is 0.00575. The van der Waals surface area contributed by atoms with Crippen LogP contribution in [0.5, 0.6) is 0 Å². The van der Waals surface area contributed by atoms with Crippen molar-refractivity contribution >= 4 is 23.2 Å². The number of benzene rings is 1. The first kappa shape index (κ1) is 17.3. The van der Waals surface area contributed by atoms with Crippen molar-refractivity contribution < 1.29 is 9.53 Å². The van der Waals surface area contributed by atoms with Crippen LogP contribution in [-0.4, -0.2) is 43.7 Å². The molecule has 0 unspecified atom stereocenters. The molecule has 0 aliphatic carbocycles. The third-order valence-corrected chi connectivity index (χ3v) is 4.39. The zero-order valence-electron chi connectivity index (χ0n) is 13.4. The van der Waals surface area contributed by atoms with E-state index in [4.69, 9.17) is 16.3 Å². The van der Waals surface area contributed by atoms with E-state index in [9.17, 15) is 4.79 Å². The van der Waals surface area contributed by atoms with Gasteiger partial charge in [-0.05, 0) is 63.4 Å². The second-order valence-electron chi connectivity index (χ2n) is 6.03. The summed E-state index contributed by atoms with van der Waals surface area (Å²) < 4.78 is 5.71. The summed E-state index contributed by atoms with van der Waals surface area (Å²) >= 11 is 5.98. The fourth-order valence-corrected chi connectivity index (χ4v) is 2.76. The Hall–Kier alpha value is -1.10. The van der Waals surface area contributed by atoms with Gasteiger partial charge >= 0.3 is 0 Å². The van der Waals surface area contributed by atoms with E-state index in [1.807, 2.05) is 31.0 Å². The van der Waals surface area contributed by atoms with Crippen LogP contribution in [-0.2, 0) is 9.53 Å². The van der Waals surface area contributed by atoms with Crippen molar-refractivity contribution in [2.75, 3.05) is 32.1 Å². The number of carbonyl (C=O) groups is 1. The molecule has 1 aliphatic rings. The number of ether oxygens (including phenoxy) is 1. The Morgan fingerprint density at radius 1 is 1.45 bits per heavy atom. The molecule has 1 aromatic carbocycles. The highest BCUT2D eigenvalue weighted by molar-refractivity contribution is 6.31. The lowest BCUT2D eigenvalue weighted by molar-refractivity contribution is -0.117. The van der Waals surface area contributed by atoms with Crippen LogP contribution in [0.1, 0.15) is 31.2 Å². The molecule has 22 heavy (non-hydrogen) atoms. The first-order valence-electron chi connectivity index (χ1n) is 7.91. The van der Waals surface area contributed by atoms with Crippen molar-refractivity contribution in [3.63, 3.8) is 0 Å². The van der Waals surface area contributed by atoms with E-state index in [2.05, 4.69) is 5.32 Å². The first-order valence-corrected chi connectivity index (χ1v) is 8.28. The van der Waals surface area contributed by atoms with Crippen LogP contribution < -0.4 is 5.32 Å². The summed E-state index contributed by atoms with van der Waals surface area (Å²) in [5.74, 6) is -0.00575. The largest absolute Gasteiger partial charge is 0.378 e. The Kier molecular flexibility index (Phi) is 6.68. The normalized spacial score (nSPS) is 18.5. The van der Waals surface area contributed by atoms with Gasteiger partial charge in [-0.25, -0.2) is 0 Å². The van der Waals surface area contributed by atoms with E-state index in [1.54, 1.807) is 6.07 Å². The summed E-state index contributed by atoms with van der Waals surface area (Å²) in [5, 5.41) is 3.62. The van der Waals surface area contributed by atoms with Crippen LogP contribution in [0.3, 0.4) is 0 Å². The van der Waals surface area contributed by atoms with Crippen molar-refractivity contribution in [3.8, 4) is 0 Å². The topological polar surface area (TPSA) is 41.6 Å². The standard InChI is InChI=1S/C17H25ClN2O2/c1-13-11-14(6-7-16(13)18)19-17(21)12-20(2)9-8-15-5-3-4-10-22-15/h6-7,11,15H,3-5,8-10,12H2,1-2H3,(H,19,21)/t15-/m1/s1. The fourth-order valence-electron chi connectivity index (χ4n) is 2.65. The molecule has 1 fully saturated rings. The zero-order valence-corrected chi connectivity index (χ0v) is 14.2. The van der Waals surface area contributed by atoms with Crippen molar-refractivity contribution in [1.29, 1.82) is 0 Å². The zero-order chi connectivity index (χ0) is 15.9. The number of anilines is 1. The second-order valence-corrected chi connectivity index (χ2v) is 6.43. The van der Waals surface area contributed by atoms with Crippen LogP contribution in [0.15, 0.2) is 18.2 Å². The van der Waals surface area contributed by atoms with Crippen molar-refractivity contribution in [2.24, 2.45) is 0 Å². The Labute approximate surface area is 137 Å². The summed E-state index contributed by atoms with van der Waals surface area (Å²) in [5.41, 5.74) is 1.75. The number of amides is 1. The maximum atomic E-state index is 12.1. The predicted molar refractivity (Wildman–Crippen MR) is 90.5 cm³/mol. The predicted octanol–water partition coefficient (Wildman–Crippen LogP) is 3.48. The monoisotopic (exact) mass is 324 g/mol. The lowest BCUT2D eigenvalue weighted by Crippen LogP contribution is -2.33. The molecule has 1 heterocycles. The van der Waals surface area contributed by atoms with Crippen LogP contribution in [0.2, 0.25) is 5.02 Å². The van der Waals surface area contributed by atoms with Gasteiger partial charge in [-0.3, -0.25) is 9.69 Å². The summed E-state index contributed by atoms with van der Waals surface area (Å²) in [6.07, 6.45) is 4.92. The third kappa shape index (κ3) is 5.59. The van der Waals surface area contributed by atoms with Crippen LogP contribution >= 0.6 is 11.6 Å². The molecular weight excluding hydrogens is 300 g/mol. The molecule has 4 nitrogen and oxygen atoms in total. The van der Waals surface area contributed by atoms with Gasteiger partial charge in [-0.1, -0.05) is 11.6 Å². The lowest BCUT2D eigenvalue weighted by Gasteiger charge is -2.25. The van der Waals surface area contributed by atoms with Crippen LogP contribution in [0, 0.1) is 6.92 Å². The highest BCUT2D eigenvalue weighted by atomic mass is 35.5. The smallest absolute Gasteiger partial charge is 0.238 e. The third-order valence-electron chi connectivity index (χ3n) is 3.96. The Morgan fingerprint density at radius 2 is 2.27 bits per heavy atom. The van der Waals surface area contributed by atoms with Gasteiger partial charge in [-0.2, -0.15) is 0 Å². The minimum atomic E-state index is -0.00575. The highest BCUT2D eigenvalue weighted by Crippen LogP contribution is 2.19. The fraction of sp³-hybridized carbons (Fsp3) is 0.588. The molecule has 0 radical (unpaired) electrons. The molecule has 1 amide bonds. The average molecular weight is 325 g/mol. The van der Waals surface area contributed by atoms with E-state index in [0.29, 0.717) is 17.7 Å². The van der Waals surface area contributed by atoms with Gasteiger partial charge in [0.2, 0.25) is 5.91 Å². The van der Waals surface area contributed by atoms with E-state index >= 15 is 0 Å². The molecular formula is C17H25ClN2O2. The minimum Gasteiger partial charge on any atom is -0.378 e. The highest BCUT2D eigenvalue weighted by Gasteiger charge is 2.15. The average Bonchev–Trinajstić information content (AvgIpc) is 2.50. The summed E-state index contributed by atoms with van der Waals surface area (Å²) in [6.45, 7) is 4.06. The van der Waals surface area contributed by atoms with Gasteiger partial charge in [-0.15, -0.1) is 0 Å². The maximum absolute atomic E-state index is 12.1. The molecule has 0 bridgehead atoms. The number of halogens is 1. The Bertz CT molecular complexity index is 501.